The molecule has 2 aromatic rings. The Morgan fingerprint density at radius 1 is 1.20 bits per heavy atom. The highest BCUT2D eigenvalue weighted by Gasteiger charge is 2.35. The molecule has 0 aliphatic heterocycles. The number of fused-ring (bicyclic) bond motifs is 3. The Bertz CT molecular complexity index is 557. The van der Waals surface area contributed by atoms with Crippen LogP contribution in [0.2, 0.25) is 0 Å². The van der Waals surface area contributed by atoms with Crippen molar-refractivity contribution in [3.63, 3.8) is 0 Å². The average Bonchev–Trinajstić information content (AvgIpc) is 2.91. The maximum Gasteiger partial charge on any atom is 0.304 e. The lowest BCUT2D eigenvalue weighted by atomic mass is 10.1. The minimum absolute atomic E-state index is 0.155. The van der Waals surface area contributed by atoms with Crippen molar-refractivity contribution in [2.75, 3.05) is 0 Å². The van der Waals surface area contributed by atoms with E-state index in [0.29, 0.717) is 0 Å². The summed E-state index contributed by atoms with van der Waals surface area (Å²) in [5.74, 6) is -0.567. The Morgan fingerprint density at radius 2 is 2.00 bits per heavy atom. The van der Waals surface area contributed by atoms with Gasteiger partial charge in [-0.1, -0.05) is 36.4 Å². The van der Waals surface area contributed by atoms with Crippen molar-refractivity contribution < 1.29 is 9.90 Å². The topological polar surface area (TPSA) is 37.3 Å². The normalized spacial score (nSPS) is 17.5. The summed E-state index contributed by atoms with van der Waals surface area (Å²) in [6, 6.07) is 12.2. The minimum atomic E-state index is -0.722. The third kappa shape index (κ3) is 1.22. The van der Waals surface area contributed by atoms with E-state index in [9.17, 15) is 4.79 Å². The number of hydrogen-bond acceptors (Lipinski definition) is 1. The molecule has 2 heteroatoms. The van der Waals surface area contributed by atoms with Crippen molar-refractivity contribution in [1.29, 1.82) is 0 Å². The van der Waals surface area contributed by atoms with E-state index in [0.717, 1.165) is 0 Å². The molecule has 2 nitrogen and oxygen atoms in total. The van der Waals surface area contributed by atoms with Crippen molar-refractivity contribution in [2.24, 2.45) is 0 Å². The molecule has 1 N–H and O–H groups in total. The van der Waals surface area contributed by atoms with Crippen LogP contribution in [0.1, 0.15) is 23.5 Å². The molecule has 74 valence electrons. The van der Waals surface area contributed by atoms with Gasteiger partial charge in [0.05, 0.1) is 6.42 Å². The van der Waals surface area contributed by atoms with E-state index in [2.05, 4.69) is 18.2 Å². The van der Waals surface area contributed by atoms with Gasteiger partial charge in [0.2, 0.25) is 0 Å². The summed E-state index contributed by atoms with van der Waals surface area (Å²) >= 11 is 0. The van der Waals surface area contributed by atoms with Crippen molar-refractivity contribution >= 4 is 16.7 Å². The van der Waals surface area contributed by atoms with Crippen molar-refractivity contribution in [2.45, 2.75) is 12.3 Å². The molecule has 0 fully saturated rings. The maximum absolute atomic E-state index is 10.7. The van der Waals surface area contributed by atoms with Crippen LogP contribution in [0.15, 0.2) is 36.4 Å². The molecular weight excluding hydrogens is 188 g/mol. The predicted octanol–water partition coefficient (Wildman–Crippen LogP) is 2.76. The Morgan fingerprint density at radius 3 is 2.80 bits per heavy atom. The monoisotopic (exact) mass is 198 g/mol. The summed E-state index contributed by atoms with van der Waals surface area (Å²) < 4.78 is 0. The molecule has 0 saturated carbocycles. The van der Waals surface area contributed by atoms with E-state index >= 15 is 0 Å². The molecule has 0 saturated heterocycles. The number of aliphatic carboxylic acids is 1. The lowest BCUT2D eigenvalue weighted by Crippen LogP contribution is -1.94. The summed E-state index contributed by atoms with van der Waals surface area (Å²) in [5, 5.41) is 11.2. The SMILES string of the molecule is O=C(O)CC1c2ccc3ccccc3c21. The fraction of sp³-hybridized carbons (Fsp3) is 0.154. The highest BCUT2D eigenvalue weighted by atomic mass is 16.4. The van der Waals surface area contributed by atoms with Gasteiger partial charge in [0.25, 0.3) is 0 Å². The molecule has 1 unspecified atom stereocenters. The van der Waals surface area contributed by atoms with Crippen LogP contribution in [0.5, 0.6) is 0 Å². The molecule has 1 aliphatic carbocycles. The number of rotatable bonds is 2. The van der Waals surface area contributed by atoms with E-state index in [1.807, 2.05) is 18.2 Å². The number of benzene rings is 2. The Kier molecular flexibility index (Phi) is 1.60. The first-order valence-corrected chi connectivity index (χ1v) is 5.00. The van der Waals surface area contributed by atoms with Gasteiger partial charge in [-0.15, -0.1) is 0 Å². The van der Waals surface area contributed by atoms with Crippen LogP contribution in [-0.4, -0.2) is 11.1 Å². The largest absolute Gasteiger partial charge is 0.481 e. The summed E-state index contributed by atoms with van der Waals surface area (Å²) in [5.41, 5.74) is 2.44. The Labute approximate surface area is 87.2 Å². The molecule has 1 aliphatic rings. The van der Waals surface area contributed by atoms with Gasteiger partial charge in [-0.05, 0) is 21.9 Å². The molecule has 15 heavy (non-hydrogen) atoms. The second-order valence-electron chi connectivity index (χ2n) is 3.94. The zero-order valence-electron chi connectivity index (χ0n) is 8.10. The molecule has 1 atom stereocenters. The highest BCUT2D eigenvalue weighted by molar-refractivity contribution is 5.93. The number of carboxylic acids is 1. The lowest BCUT2D eigenvalue weighted by Gasteiger charge is -1.93. The predicted molar refractivity (Wildman–Crippen MR) is 58.0 cm³/mol. The van der Waals surface area contributed by atoms with Gasteiger partial charge in [-0.3, -0.25) is 4.79 Å². The van der Waals surface area contributed by atoms with Crippen LogP contribution in [0.4, 0.5) is 0 Å². The molecule has 0 radical (unpaired) electrons. The molecule has 0 spiro atoms. The van der Waals surface area contributed by atoms with E-state index in [1.54, 1.807) is 0 Å². The fourth-order valence-electron chi connectivity index (χ4n) is 2.29. The zero-order chi connectivity index (χ0) is 10.4. The first-order valence-electron chi connectivity index (χ1n) is 5.00. The van der Waals surface area contributed by atoms with Gasteiger partial charge in [-0.2, -0.15) is 0 Å². The maximum atomic E-state index is 10.7. The third-order valence-corrected chi connectivity index (χ3v) is 3.02. The fourth-order valence-corrected chi connectivity index (χ4v) is 2.29. The van der Waals surface area contributed by atoms with Crippen LogP contribution in [0, 0.1) is 0 Å². The van der Waals surface area contributed by atoms with Gasteiger partial charge >= 0.3 is 5.97 Å². The minimum Gasteiger partial charge on any atom is -0.481 e. The Balaban J connectivity index is 2.09. The second-order valence-corrected chi connectivity index (χ2v) is 3.94. The summed E-state index contributed by atoms with van der Waals surface area (Å²) in [6.07, 6.45) is 0.226. The number of carbonyl (C=O) groups is 1. The number of carboxylic acid groups (broad SMARTS) is 1. The van der Waals surface area contributed by atoms with E-state index in [4.69, 9.17) is 5.11 Å². The third-order valence-electron chi connectivity index (χ3n) is 3.02. The molecule has 0 aromatic heterocycles. The van der Waals surface area contributed by atoms with Gasteiger partial charge < -0.3 is 5.11 Å². The first kappa shape index (κ1) is 8.48. The van der Waals surface area contributed by atoms with Gasteiger partial charge in [0.1, 0.15) is 0 Å². The molecular formula is C13H10O2. The Hall–Kier alpha value is -1.83. The van der Waals surface area contributed by atoms with Gasteiger partial charge in [-0.25, -0.2) is 0 Å². The zero-order valence-corrected chi connectivity index (χ0v) is 8.10. The van der Waals surface area contributed by atoms with E-state index in [-0.39, 0.29) is 12.3 Å². The van der Waals surface area contributed by atoms with Crippen molar-refractivity contribution in [1.82, 2.24) is 0 Å². The van der Waals surface area contributed by atoms with Crippen LogP contribution >= 0.6 is 0 Å². The van der Waals surface area contributed by atoms with Gasteiger partial charge in [0.15, 0.2) is 0 Å². The first-order chi connectivity index (χ1) is 7.27. The molecule has 2 aromatic carbocycles. The molecule has 3 rings (SSSR count). The van der Waals surface area contributed by atoms with Crippen LogP contribution in [0.3, 0.4) is 0 Å². The van der Waals surface area contributed by atoms with Crippen LogP contribution in [0.25, 0.3) is 10.8 Å². The van der Waals surface area contributed by atoms with E-state index < -0.39 is 5.97 Å². The van der Waals surface area contributed by atoms with E-state index in [1.165, 1.54) is 21.9 Å². The quantitative estimate of drug-likeness (QED) is 0.805. The summed E-state index contributed by atoms with van der Waals surface area (Å²) in [6.45, 7) is 0. The summed E-state index contributed by atoms with van der Waals surface area (Å²) in [7, 11) is 0. The second kappa shape index (κ2) is 2.83. The standard InChI is InChI=1S/C13H10O2/c14-12(15)7-11-10-6-5-8-3-1-2-4-9(8)13(10)11/h1-6,11H,7H2,(H,14,15). The smallest absolute Gasteiger partial charge is 0.304 e. The highest BCUT2D eigenvalue weighted by Crippen LogP contribution is 2.49. The lowest BCUT2D eigenvalue weighted by molar-refractivity contribution is -0.137. The molecule has 0 amide bonds. The van der Waals surface area contributed by atoms with Crippen molar-refractivity contribution in [3.05, 3.63) is 47.5 Å². The average molecular weight is 198 g/mol. The van der Waals surface area contributed by atoms with Gasteiger partial charge in [0, 0.05) is 5.92 Å². The van der Waals surface area contributed by atoms with Crippen LogP contribution < -0.4 is 0 Å². The summed E-state index contributed by atoms with van der Waals surface area (Å²) in [4.78, 5) is 10.7. The molecule has 0 bridgehead atoms. The van der Waals surface area contributed by atoms with Crippen molar-refractivity contribution in [3.8, 4) is 0 Å². The van der Waals surface area contributed by atoms with Crippen LogP contribution in [-0.2, 0) is 4.79 Å². The molecule has 0 heterocycles. The number of hydrogen-bond donors (Lipinski definition) is 1.